The Hall–Kier alpha value is -0.0700. The van der Waals surface area contributed by atoms with Crippen LogP contribution in [0.1, 0.15) is 38.5 Å². The van der Waals surface area contributed by atoms with E-state index in [4.69, 9.17) is 4.74 Å². The monoisotopic (exact) mass is 367 g/mol. The summed E-state index contributed by atoms with van der Waals surface area (Å²) in [6, 6.07) is 0. The molecule has 136 valence electrons. The molecule has 1 amide bonds. The molecule has 1 aliphatic carbocycles. The molecule has 23 heavy (non-hydrogen) atoms. The lowest BCUT2D eigenvalue weighted by Crippen LogP contribution is -2.54. The number of nitrogens with one attached hydrogen (secondary N) is 1. The number of amides is 1. The van der Waals surface area contributed by atoms with Crippen molar-refractivity contribution in [1.29, 1.82) is 0 Å². The number of rotatable bonds is 3. The van der Waals surface area contributed by atoms with Crippen molar-refractivity contribution in [2.45, 2.75) is 44.1 Å². The van der Waals surface area contributed by atoms with Crippen LogP contribution in [0.4, 0.5) is 0 Å². The van der Waals surface area contributed by atoms with Gasteiger partial charge in [-0.25, -0.2) is 0 Å². The third-order valence-electron chi connectivity index (χ3n) is 5.39. The molecule has 1 N–H and O–H groups in total. The Morgan fingerprint density at radius 3 is 2.35 bits per heavy atom. The van der Waals surface area contributed by atoms with Crippen molar-refractivity contribution in [3.63, 3.8) is 0 Å². The summed E-state index contributed by atoms with van der Waals surface area (Å²) < 4.78 is 5.50. The summed E-state index contributed by atoms with van der Waals surface area (Å²) >= 11 is 0. The highest BCUT2D eigenvalue weighted by Gasteiger charge is 2.42. The van der Waals surface area contributed by atoms with E-state index in [9.17, 15) is 4.79 Å². The number of nitrogens with zero attached hydrogens (tertiary/aromatic N) is 2. The maximum atomic E-state index is 12.8. The number of morpholine rings is 1. The SMILES string of the molecule is Cl.Cl.O=C(CC1(N2CCOCC2)CCCC1)N1CCCNCC1. The number of hydrogen-bond acceptors (Lipinski definition) is 4. The van der Waals surface area contributed by atoms with Crippen LogP contribution in [0.5, 0.6) is 0 Å². The smallest absolute Gasteiger partial charge is 0.224 e. The van der Waals surface area contributed by atoms with Crippen LogP contribution in [0.25, 0.3) is 0 Å². The summed E-state index contributed by atoms with van der Waals surface area (Å²) in [5.41, 5.74) is 0.126. The van der Waals surface area contributed by atoms with Gasteiger partial charge in [-0.1, -0.05) is 12.8 Å². The first kappa shape index (κ1) is 21.0. The highest BCUT2D eigenvalue weighted by Crippen LogP contribution is 2.39. The normalized spacial score (nSPS) is 25.1. The van der Waals surface area contributed by atoms with Gasteiger partial charge in [0.1, 0.15) is 0 Å². The van der Waals surface area contributed by atoms with Gasteiger partial charge in [0.25, 0.3) is 0 Å². The van der Waals surface area contributed by atoms with Crippen molar-refractivity contribution >= 4 is 30.7 Å². The lowest BCUT2D eigenvalue weighted by atomic mass is 9.89. The quantitative estimate of drug-likeness (QED) is 0.824. The number of hydrogen-bond donors (Lipinski definition) is 1. The summed E-state index contributed by atoms with van der Waals surface area (Å²) in [5.74, 6) is 0.368. The molecular weight excluding hydrogens is 337 g/mol. The average Bonchev–Trinajstić information content (AvgIpc) is 2.83. The molecule has 2 aliphatic heterocycles. The number of carbonyl (C=O) groups is 1. The molecule has 0 bridgehead atoms. The first-order valence-electron chi connectivity index (χ1n) is 8.61. The maximum absolute atomic E-state index is 12.8. The van der Waals surface area contributed by atoms with Crippen LogP contribution in [0.15, 0.2) is 0 Å². The van der Waals surface area contributed by atoms with Crippen LogP contribution in [0, 0.1) is 0 Å². The first-order valence-corrected chi connectivity index (χ1v) is 8.61. The van der Waals surface area contributed by atoms with Crippen molar-refractivity contribution in [3.8, 4) is 0 Å². The van der Waals surface area contributed by atoms with Crippen LogP contribution < -0.4 is 5.32 Å². The maximum Gasteiger partial charge on any atom is 0.224 e. The second kappa shape index (κ2) is 10.0. The zero-order valence-corrected chi connectivity index (χ0v) is 15.6. The Labute approximate surface area is 152 Å². The predicted molar refractivity (Wildman–Crippen MR) is 96.8 cm³/mol. The summed E-state index contributed by atoms with van der Waals surface area (Å²) in [4.78, 5) is 17.4. The highest BCUT2D eigenvalue weighted by molar-refractivity contribution is 5.85. The second-order valence-corrected chi connectivity index (χ2v) is 6.69. The molecule has 0 aromatic carbocycles. The predicted octanol–water partition coefficient (Wildman–Crippen LogP) is 1.69. The molecule has 7 heteroatoms. The van der Waals surface area contributed by atoms with Crippen LogP contribution in [-0.4, -0.2) is 73.7 Å². The molecule has 3 aliphatic rings. The van der Waals surface area contributed by atoms with E-state index in [1.807, 2.05) is 0 Å². The Morgan fingerprint density at radius 2 is 1.65 bits per heavy atom. The molecule has 0 aromatic rings. The topological polar surface area (TPSA) is 44.8 Å². The zero-order chi connectivity index (χ0) is 14.5. The molecule has 2 saturated heterocycles. The van der Waals surface area contributed by atoms with Crippen LogP contribution in [0.3, 0.4) is 0 Å². The second-order valence-electron chi connectivity index (χ2n) is 6.69. The Balaban J connectivity index is 0.00000132. The van der Waals surface area contributed by atoms with Gasteiger partial charge >= 0.3 is 0 Å². The largest absolute Gasteiger partial charge is 0.379 e. The van der Waals surface area contributed by atoms with Gasteiger partial charge < -0.3 is 15.0 Å². The average molecular weight is 368 g/mol. The van der Waals surface area contributed by atoms with Crippen LogP contribution in [-0.2, 0) is 9.53 Å². The fourth-order valence-electron chi connectivity index (χ4n) is 4.16. The molecule has 3 rings (SSSR count). The molecule has 2 heterocycles. The molecule has 1 saturated carbocycles. The minimum absolute atomic E-state index is 0. The van der Waals surface area contributed by atoms with E-state index in [0.717, 1.165) is 58.9 Å². The van der Waals surface area contributed by atoms with E-state index in [1.165, 1.54) is 25.7 Å². The summed E-state index contributed by atoms with van der Waals surface area (Å²) in [5, 5.41) is 3.38. The van der Waals surface area contributed by atoms with Gasteiger partial charge in [-0.15, -0.1) is 24.8 Å². The van der Waals surface area contributed by atoms with E-state index >= 15 is 0 Å². The van der Waals surface area contributed by atoms with Crippen molar-refractivity contribution in [2.24, 2.45) is 0 Å². The number of carbonyl (C=O) groups excluding carboxylic acids is 1. The molecular formula is C16H31Cl2N3O2. The van der Waals surface area contributed by atoms with Crippen molar-refractivity contribution in [2.75, 3.05) is 52.5 Å². The molecule has 3 fully saturated rings. The molecule has 0 unspecified atom stereocenters. The Bertz CT molecular complexity index is 351. The number of halogens is 2. The van der Waals surface area contributed by atoms with E-state index in [0.29, 0.717) is 12.3 Å². The Kier molecular flexibility index (Phi) is 9.16. The summed E-state index contributed by atoms with van der Waals surface area (Å²) in [6.45, 7) is 7.41. The van der Waals surface area contributed by atoms with Gasteiger partial charge in [-0.3, -0.25) is 9.69 Å². The van der Waals surface area contributed by atoms with Gasteiger partial charge in [-0.05, 0) is 25.8 Å². The van der Waals surface area contributed by atoms with Gasteiger partial charge in [0.15, 0.2) is 0 Å². The minimum Gasteiger partial charge on any atom is -0.379 e. The standard InChI is InChI=1S/C16H29N3O2.2ClH/c20-15(18-8-3-6-17-7-9-18)14-16(4-1-2-5-16)19-10-12-21-13-11-19;;/h17H,1-14H2;2*1H. The van der Waals surface area contributed by atoms with Gasteiger partial charge in [-0.2, -0.15) is 0 Å². The van der Waals surface area contributed by atoms with Crippen molar-refractivity contribution < 1.29 is 9.53 Å². The number of ether oxygens (including phenoxy) is 1. The van der Waals surface area contributed by atoms with E-state index in [1.54, 1.807) is 0 Å². The first-order chi connectivity index (χ1) is 10.3. The molecule has 5 nitrogen and oxygen atoms in total. The van der Waals surface area contributed by atoms with Crippen molar-refractivity contribution in [1.82, 2.24) is 15.1 Å². The van der Waals surface area contributed by atoms with Gasteiger partial charge in [0.2, 0.25) is 5.91 Å². The summed E-state index contributed by atoms with van der Waals surface area (Å²) in [7, 11) is 0. The molecule has 0 spiro atoms. The Morgan fingerprint density at radius 1 is 0.957 bits per heavy atom. The molecule has 0 atom stereocenters. The minimum atomic E-state index is 0. The fraction of sp³-hybridized carbons (Fsp3) is 0.938. The van der Waals surface area contributed by atoms with Gasteiger partial charge in [0.05, 0.1) is 13.2 Å². The third kappa shape index (κ3) is 5.20. The molecule has 0 aromatic heterocycles. The van der Waals surface area contributed by atoms with Crippen molar-refractivity contribution in [3.05, 3.63) is 0 Å². The summed E-state index contributed by atoms with van der Waals surface area (Å²) in [6.07, 6.45) is 6.71. The van der Waals surface area contributed by atoms with Gasteiger partial charge in [0, 0.05) is 44.7 Å². The van der Waals surface area contributed by atoms with E-state index in [-0.39, 0.29) is 30.4 Å². The zero-order valence-electron chi connectivity index (χ0n) is 13.9. The lowest BCUT2D eigenvalue weighted by Gasteiger charge is -2.43. The van der Waals surface area contributed by atoms with E-state index < -0.39 is 0 Å². The van der Waals surface area contributed by atoms with Crippen LogP contribution in [0.2, 0.25) is 0 Å². The fourth-order valence-corrected chi connectivity index (χ4v) is 4.16. The highest BCUT2D eigenvalue weighted by atomic mass is 35.5. The third-order valence-corrected chi connectivity index (χ3v) is 5.39. The van der Waals surface area contributed by atoms with Crippen LogP contribution >= 0.6 is 24.8 Å². The molecule has 0 radical (unpaired) electrons. The lowest BCUT2D eigenvalue weighted by molar-refractivity contribution is -0.135. The van der Waals surface area contributed by atoms with E-state index in [2.05, 4.69) is 15.1 Å².